The second-order valence-corrected chi connectivity index (χ2v) is 15.9. The highest BCUT2D eigenvalue weighted by Gasteiger charge is 2.34. The van der Waals surface area contributed by atoms with Crippen molar-refractivity contribution in [3.05, 3.63) is 130 Å². The molecule has 0 aliphatic rings. The fourth-order valence-corrected chi connectivity index (χ4v) is 9.13. The third-order valence-electron chi connectivity index (χ3n) is 9.22. The van der Waals surface area contributed by atoms with Crippen LogP contribution >= 0.6 is 0 Å². The van der Waals surface area contributed by atoms with Crippen LogP contribution < -0.4 is 18.6 Å². The first kappa shape index (κ1) is 36.6. The van der Waals surface area contributed by atoms with Crippen molar-refractivity contribution in [3.63, 3.8) is 0 Å². The summed E-state index contributed by atoms with van der Waals surface area (Å²) in [6.45, 7) is 6.18. The molecule has 0 atom stereocenters. The van der Waals surface area contributed by atoms with Gasteiger partial charge in [-0.3, -0.25) is 0 Å². The van der Waals surface area contributed by atoms with E-state index in [9.17, 15) is 37.8 Å². The van der Waals surface area contributed by atoms with Crippen LogP contribution in [-0.2, 0) is 25.7 Å². The van der Waals surface area contributed by atoms with E-state index in [1.165, 1.54) is 48.5 Å². The average Bonchev–Trinajstić information content (AvgIpc) is 3.14. The summed E-state index contributed by atoms with van der Waals surface area (Å²) in [5, 5.41) is 44.3. The SMILES string of the molecule is CCC(CC(C)C)(c1ccc(OS(=O)(=O)c2cc([N+]#N)c([O-])c3ccccc23)cc1)c1ccc(OS(=O)(=O)c2cc([N+]#N)c([O-])c3ccccc23)cc1. The van der Waals surface area contributed by atoms with Gasteiger partial charge in [0.1, 0.15) is 21.3 Å². The predicted octanol–water partition coefficient (Wildman–Crippen LogP) is 8.39. The van der Waals surface area contributed by atoms with Gasteiger partial charge in [0.15, 0.2) is 9.95 Å². The Hall–Kier alpha value is -6.22. The Kier molecular flexibility index (Phi) is 9.71. The van der Waals surface area contributed by atoms with Gasteiger partial charge in [0.05, 0.1) is 12.1 Å². The number of nitrogens with zero attached hydrogens (tertiary/aromatic N) is 4. The first-order chi connectivity index (χ1) is 25.2. The van der Waals surface area contributed by atoms with Gasteiger partial charge in [0, 0.05) is 16.2 Å². The zero-order valence-electron chi connectivity index (χ0n) is 28.8. The molecule has 53 heavy (non-hydrogen) atoms. The molecule has 0 bridgehead atoms. The van der Waals surface area contributed by atoms with Crippen LogP contribution in [0.5, 0.6) is 23.0 Å². The van der Waals surface area contributed by atoms with Crippen molar-refractivity contribution in [2.75, 3.05) is 0 Å². The highest BCUT2D eigenvalue weighted by molar-refractivity contribution is 7.87. The van der Waals surface area contributed by atoms with Crippen molar-refractivity contribution in [1.29, 1.82) is 10.8 Å². The van der Waals surface area contributed by atoms with Crippen LogP contribution in [0.25, 0.3) is 31.5 Å². The Morgan fingerprint density at radius 3 is 1.30 bits per heavy atom. The molecule has 0 aliphatic heterocycles. The quantitative estimate of drug-likeness (QED) is 0.0919. The van der Waals surface area contributed by atoms with E-state index < -0.39 is 48.5 Å². The minimum atomic E-state index is -4.48. The van der Waals surface area contributed by atoms with Crippen LogP contribution in [0, 0.1) is 16.7 Å². The fourth-order valence-electron chi connectivity index (χ4n) is 6.82. The van der Waals surface area contributed by atoms with E-state index in [1.807, 2.05) is 6.92 Å². The zero-order valence-corrected chi connectivity index (χ0v) is 30.4. The molecule has 0 saturated carbocycles. The van der Waals surface area contributed by atoms with Gasteiger partial charge < -0.3 is 18.6 Å². The molecule has 0 fully saturated rings. The number of hydrogen-bond donors (Lipinski definition) is 0. The Morgan fingerprint density at radius 1 is 0.623 bits per heavy atom. The maximum absolute atomic E-state index is 13.5. The molecule has 0 saturated heterocycles. The Labute approximate surface area is 306 Å². The lowest BCUT2D eigenvalue weighted by Gasteiger charge is -2.36. The predicted molar refractivity (Wildman–Crippen MR) is 195 cm³/mol. The number of hydrogen-bond acceptors (Lipinski definition) is 10. The highest BCUT2D eigenvalue weighted by atomic mass is 32.2. The van der Waals surface area contributed by atoms with E-state index >= 15 is 0 Å². The molecule has 0 unspecified atom stereocenters. The molecule has 0 aromatic heterocycles. The molecule has 268 valence electrons. The maximum Gasteiger partial charge on any atom is 0.379 e. The molecule has 14 heteroatoms. The summed E-state index contributed by atoms with van der Waals surface area (Å²) in [5.74, 6) is -0.987. The summed E-state index contributed by atoms with van der Waals surface area (Å²) in [4.78, 5) is 5.29. The van der Waals surface area contributed by atoms with Gasteiger partial charge in [-0.2, -0.15) is 16.8 Å². The fraction of sp³-hybridized carbons (Fsp3) is 0.179. The molecule has 0 spiro atoms. The normalized spacial score (nSPS) is 12.0. The molecular formula is C39H32N4O8S2. The summed E-state index contributed by atoms with van der Waals surface area (Å²) in [5.41, 5.74) is 0.251. The molecule has 0 N–H and O–H groups in total. The van der Waals surface area contributed by atoms with E-state index in [2.05, 4.69) is 23.8 Å². The second kappa shape index (κ2) is 14.1. The standard InChI is InChI=1S/C39H32N4O8S2/c1-4-39(23-24(2)3,25-13-17-27(18-14-25)50-52(46,47)35-21-33(42-40)37(44)31-11-7-5-9-29(31)35)26-15-19-28(20-16-26)51-53(48,49)36-22-34(43-41)38(45)32-12-8-6-10-30(32)36/h5-22,24H,4,23H2,1-3H3. The minimum Gasteiger partial charge on any atom is -0.867 e. The first-order valence-electron chi connectivity index (χ1n) is 16.5. The monoisotopic (exact) mass is 748 g/mol. The Balaban J connectivity index is 1.31. The van der Waals surface area contributed by atoms with E-state index in [4.69, 9.17) is 8.37 Å². The maximum atomic E-state index is 13.5. The van der Waals surface area contributed by atoms with Gasteiger partial charge in [0.2, 0.25) is 10.8 Å². The Bertz CT molecular complexity index is 2510. The first-order valence-corrected chi connectivity index (χ1v) is 19.3. The van der Waals surface area contributed by atoms with Crippen molar-refractivity contribution in [3.8, 4) is 23.0 Å². The molecule has 0 amide bonds. The smallest absolute Gasteiger partial charge is 0.379 e. The highest BCUT2D eigenvalue weighted by Crippen LogP contribution is 2.44. The van der Waals surface area contributed by atoms with Crippen LogP contribution in [0.2, 0.25) is 0 Å². The molecular weight excluding hydrogens is 717 g/mol. The van der Waals surface area contributed by atoms with E-state index in [1.54, 1.807) is 48.5 Å². The van der Waals surface area contributed by atoms with Gasteiger partial charge in [-0.05, 0) is 76.4 Å². The molecule has 6 aromatic carbocycles. The van der Waals surface area contributed by atoms with E-state index in [0.29, 0.717) is 12.8 Å². The Morgan fingerprint density at radius 2 is 0.981 bits per heavy atom. The van der Waals surface area contributed by atoms with Gasteiger partial charge >= 0.3 is 31.6 Å². The lowest BCUT2D eigenvalue weighted by atomic mass is 9.68. The average molecular weight is 749 g/mol. The van der Waals surface area contributed by atoms with Crippen LogP contribution in [-0.4, -0.2) is 16.8 Å². The topological polar surface area (TPSA) is 189 Å². The largest absolute Gasteiger partial charge is 0.867 e. The number of fused-ring (bicyclic) bond motifs is 2. The van der Waals surface area contributed by atoms with Crippen LogP contribution in [0.15, 0.2) is 119 Å². The third kappa shape index (κ3) is 6.78. The summed E-state index contributed by atoms with van der Waals surface area (Å²) in [6.07, 6.45) is 1.31. The van der Waals surface area contributed by atoms with Gasteiger partial charge in [-0.15, -0.1) is 0 Å². The lowest BCUT2D eigenvalue weighted by molar-refractivity contribution is -0.265. The van der Waals surface area contributed by atoms with Crippen molar-refractivity contribution in [1.82, 2.24) is 0 Å². The van der Waals surface area contributed by atoms with Gasteiger partial charge in [-0.25, -0.2) is 0 Å². The summed E-state index contributed by atoms with van der Waals surface area (Å²) >= 11 is 0. The van der Waals surface area contributed by atoms with Crippen molar-refractivity contribution in [2.24, 2.45) is 5.92 Å². The van der Waals surface area contributed by atoms with Crippen molar-refractivity contribution >= 4 is 53.2 Å². The van der Waals surface area contributed by atoms with Crippen LogP contribution in [0.3, 0.4) is 0 Å². The van der Waals surface area contributed by atoms with Crippen LogP contribution in [0.1, 0.15) is 44.7 Å². The summed E-state index contributed by atoms with van der Waals surface area (Å²) < 4.78 is 65.0. The van der Waals surface area contributed by atoms with E-state index in [-0.39, 0.29) is 48.8 Å². The summed E-state index contributed by atoms with van der Waals surface area (Å²) in [6, 6.07) is 27.3. The van der Waals surface area contributed by atoms with Crippen molar-refractivity contribution in [2.45, 2.75) is 48.8 Å². The zero-order chi connectivity index (χ0) is 38.1. The second-order valence-electron chi connectivity index (χ2n) is 12.9. The number of diazo groups is 2. The van der Waals surface area contributed by atoms with Crippen molar-refractivity contribution < 1.29 is 35.4 Å². The van der Waals surface area contributed by atoms with E-state index in [0.717, 1.165) is 23.3 Å². The molecule has 6 aromatic rings. The molecule has 0 aliphatic carbocycles. The van der Waals surface area contributed by atoms with Gasteiger partial charge in [-0.1, -0.05) is 93.6 Å². The lowest BCUT2D eigenvalue weighted by Crippen LogP contribution is -2.29. The summed E-state index contributed by atoms with van der Waals surface area (Å²) in [7, 11) is -8.96. The third-order valence-corrected chi connectivity index (χ3v) is 11.8. The van der Waals surface area contributed by atoms with Gasteiger partial charge in [0.25, 0.3) is 0 Å². The number of benzene rings is 6. The molecule has 0 radical (unpaired) electrons. The minimum absolute atomic E-state index is 0.0183. The van der Waals surface area contributed by atoms with Crippen LogP contribution in [0.4, 0.5) is 11.4 Å². The number of rotatable bonds is 11. The molecule has 0 heterocycles. The molecule has 6 rings (SSSR count). The molecule has 12 nitrogen and oxygen atoms in total.